The van der Waals surface area contributed by atoms with Gasteiger partial charge in [0, 0.05) is 82.0 Å². The number of benzene rings is 2. The summed E-state index contributed by atoms with van der Waals surface area (Å²) in [5.74, 6) is 0.306. The number of fused-ring (bicyclic) bond motifs is 1. The van der Waals surface area contributed by atoms with Crippen molar-refractivity contribution >= 4 is 34.3 Å². The minimum Gasteiger partial charge on any atom is -0.495 e. The predicted molar refractivity (Wildman–Crippen MR) is 204 cm³/mol. The van der Waals surface area contributed by atoms with Crippen LogP contribution in [-0.4, -0.2) is 89.7 Å². The Morgan fingerprint density at radius 2 is 1.72 bits per heavy atom. The third kappa shape index (κ3) is 7.96. The number of carbonyl (C=O) groups is 3. The fourth-order valence-electron chi connectivity index (χ4n) is 7.81. The number of aryl methyl sites for hydroxylation is 1. The van der Waals surface area contributed by atoms with E-state index in [9.17, 15) is 19.2 Å². The standard InChI is InChI=1S/C41H47FN6O6/c1-3-4-16-47-26-33(31-9-15-43-24-32(31)40(47)51)28-5-7-36(34(42)22-28)54-30-12-17-45(18-13-30)25-27-10-19-46(20-11-27)39(50)29-6-8-37(53-2)35(23-29)48-21-14-38(49)44-41(48)52/h5-9,15,22-24,26-27,30H,3-4,10-14,16-21,25H2,1-2H3,(H,44,49,52). The van der Waals surface area contributed by atoms with Crippen molar-refractivity contribution in [3.63, 3.8) is 0 Å². The number of imide groups is 1. The summed E-state index contributed by atoms with van der Waals surface area (Å²) >= 11 is 0. The molecule has 5 heterocycles. The summed E-state index contributed by atoms with van der Waals surface area (Å²) < 4.78 is 28.9. The maximum atomic E-state index is 15.5. The SMILES string of the molecule is CCCCn1cc(-c2ccc(OC3CCN(CC4CCN(C(=O)c5ccc(OC)c(N6CCC(=O)NC6=O)c5)CC4)CC3)c(F)c2)c2ccncc2c1=O. The van der Waals surface area contributed by atoms with Crippen molar-refractivity contribution in [1.29, 1.82) is 0 Å². The first kappa shape index (κ1) is 37.0. The Morgan fingerprint density at radius 3 is 2.44 bits per heavy atom. The Labute approximate surface area is 313 Å². The number of hydrogen-bond acceptors (Lipinski definition) is 8. The summed E-state index contributed by atoms with van der Waals surface area (Å²) in [7, 11) is 1.51. The largest absolute Gasteiger partial charge is 0.495 e. The van der Waals surface area contributed by atoms with Crippen LogP contribution in [0, 0.1) is 11.7 Å². The number of urea groups is 1. The van der Waals surface area contributed by atoms with Gasteiger partial charge >= 0.3 is 6.03 Å². The van der Waals surface area contributed by atoms with E-state index in [1.807, 2.05) is 17.2 Å². The highest BCUT2D eigenvalue weighted by Gasteiger charge is 2.30. The van der Waals surface area contributed by atoms with Crippen LogP contribution in [0.4, 0.5) is 14.9 Å². The number of carbonyl (C=O) groups excluding carboxylic acids is 3. The molecule has 12 nitrogen and oxygen atoms in total. The maximum absolute atomic E-state index is 15.5. The lowest BCUT2D eigenvalue weighted by Crippen LogP contribution is -2.49. The summed E-state index contributed by atoms with van der Waals surface area (Å²) in [6, 6.07) is 11.4. The average Bonchev–Trinajstić information content (AvgIpc) is 3.19. The number of nitrogens with one attached hydrogen (secondary N) is 1. The number of anilines is 1. The highest BCUT2D eigenvalue weighted by molar-refractivity contribution is 6.07. The van der Waals surface area contributed by atoms with E-state index in [0.29, 0.717) is 53.5 Å². The van der Waals surface area contributed by atoms with E-state index in [2.05, 4.69) is 22.1 Å². The zero-order valence-electron chi connectivity index (χ0n) is 30.9. The van der Waals surface area contributed by atoms with Gasteiger partial charge in [-0.25, -0.2) is 9.18 Å². The summed E-state index contributed by atoms with van der Waals surface area (Å²) in [5.41, 5.74) is 2.32. The normalized spacial score (nSPS) is 17.5. The van der Waals surface area contributed by atoms with Crippen LogP contribution < -0.4 is 25.2 Å². The van der Waals surface area contributed by atoms with Crippen LogP contribution in [0.25, 0.3) is 21.9 Å². The number of pyridine rings is 2. The molecular weight excluding hydrogens is 691 g/mol. The number of methoxy groups -OCH3 is 1. The first-order valence-corrected chi connectivity index (χ1v) is 19.0. The van der Waals surface area contributed by atoms with Crippen molar-refractivity contribution in [2.75, 3.05) is 51.3 Å². The lowest BCUT2D eigenvalue weighted by atomic mass is 9.94. The Bertz CT molecular complexity index is 2090. The molecule has 0 spiro atoms. The number of aromatic nitrogens is 2. The molecule has 0 saturated carbocycles. The van der Waals surface area contributed by atoms with Gasteiger partial charge in [-0.2, -0.15) is 0 Å². The topological polar surface area (TPSA) is 126 Å². The molecule has 3 aliphatic rings. The van der Waals surface area contributed by atoms with Gasteiger partial charge < -0.3 is 23.8 Å². The molecule has 0 radical (unpaired) electrons. The fraction of sp³-hybridized carbons (Fsp3) is 0.439. The second-order valence-corrected chi connectivity index (χ2v) is 14.5. The molecule has 4 aromatic rings. The van der Waals surface area contributed by atoms with Crippen molar-refractivity contribution in [1.82, 2.24) is 24.7 Å². The number of ether oxygens (including phenoxy) is 2. The molecule has 54 heavy (non-hydrogen) atoms. The third-order valence-corrected chi connectivity index (χ3v) is 10.9. The van der Waals surface area contributed by atoms with E-state index < -0.39 is 11.8 Å². The van der Waals surface area contributed by atoms with Gasteiger partial charge in [-0.05, 0) is 85.4 Å². The molecule has 0 unspecified atom stereocenters. The highest BCUT2D eigenvalue weighted by atomic mass is 19.1. The Balaban J connectivity index is 0.909. The Morgan fingerprint density at radius 1 is 0.944 bits per heavy atom. The molecule has 2 aromatic heterocycles. The van der Waals surface area contributed by atoms with Crippen molar-refractivity contribution in [2.45, 2.75) is 64.5 Å². The van der Waals surface area contributed by atoms with E-state index in [-0.39, 0.29) is 42.2 Å². The molecule has 2 aromatic carbocycles. The lowest BCUT2D eigenvalue weighted by Gasteiger charge is -2.37. The summed E-state index contributed by atoms with van der Waals surface area (Å²) in [6.45, 7) is 6.82. The molecule has 0 aliphatic carbocycles. The second-order valence-electron chi connectivity index (χ2n) is 14.5. The molecule has 3 saturated heterocycles. The number of rotatable bonds is 11. The van der Waals surface area contributed by atoms with Gasteiger partial charge in [-0.1, -0.05) is 19.4 Å². The second kappa shape index (κ2) is 16.4. The monoisotopic (exact) mass is 738 g/mol. The summed E-state index contributed by atoms with van der Waals surface area (Å²) in [4.78, 5) is 60.7. The van der Waals surface area contributed by atoms with E-state index in [4.69, 9.17) is 9.47 Å². The van der Waals surface area contributed by atoms with Crippen molar-refractivity contribution in [3.05, 3.63) is 82.8 Å². The summed E-state index contributed by atoms with van der Waals surface area (Å²) in [6.07, 6.45) is 10.3. The zero-order chi connectivity index (χ0) is 37.8. The highest BCUT2D eigenvalue weighted by Crippen LogP contribution is 2.33. The third-order valence-electron chi connectivity index (χ3n) is 10.9. The van der Waals surface area contributed by atoms with Gasteiger partial charge in [-0.3, -0.25) is 29.6 Å². The van der Waals surface area contributed by atoms with E-state index in [1.54, 1.807) is 47.3 Å². The van der Waals surface area contributed by atoms with Gasteiger partial charge in [0.15, 0.2) is 11.6 Å². The minimum absolute atomic E-state index is 0.0881. The molecule has 13 heteroatoms. The zero-order valence-corrected chi connectivity index (χ0v) is 30.9. The number of unbranched alkanes of at least 4 members (excludes halogenated alkanes) is 1. The molecule has 1 N–H and O–H groups in total. The van der Waals surface area contributed by atoms with E-state index in [0.717, 1.165) is 69.1 Å². The van der Waals surface area contributed by atoms with Crippen molar-refractivity contribution in [2.24, 2.45) is 5.92 Å². The number of halogens is 1. The van der Waals surface area contributed by atoms with Crippen LogP contribution in [-0.2, 0) is 11.3 Å². The van der Waals surface area contributed by atoms with Crippen LogP contribution in [0.5, 0.6) is 11.5 Å². The number of nitrogens with zero attached hydrogens (tertiary/aromatic N) is 5. The van der Waals surface area contributed by atoms with E-state index >= 15 is 4.39 Å². The smallest absolute Gasteiger partial charge is 0.328 e. The molecule has 284 valence electrons. The van der Waals surface area contributed by atoms with Gasteiger partial charge in [0.05, 0.1) is 18.2 Å². The number of likely N-dealkylation sites (tertiary alicyclic amines) is 2. The molecule has 3 fully saturated rings. The lowest BCUT2D eigenvalue weighted by molar-refractivity contribution is -0.120. The fourth-order valence-corrected chi connectivity index (χ4v) is 7.81. The predicted octanol–water partition coefficient (Wildman–Crippen LogP) is 5.85. The Hall–Kier alpha value is -5.30. The van der Waals surface area contributed by atoms with Gasteiger partial charge in [0.1, 0.15) is 11.9 Å². The maximum Gasteiger partial charge on any atom is 0.328 e. The van der Waals surface area contributed by atoms with Crippen LogP contribution >= 0.6 is 0 Å². The van der Waals surface area contributed by atoms with E-state index in [1.165, 1.54) is 18.1 Å². The van der Waals surface area contributed by atoms with Gasteiger partial charge in [0.25, 0.3) is 11.5 Å². The number of hydrogen-bond donors (Lipinski definition) is 1. The molecule has 3 aliphatic heterocycles. The molecule has 7 rings (SSSR count). The first-order valence-electron chi connectivity index (χ1n) is 19.0. The van der Waals surface area contributed by atoms with Crippen LogP contribution in [0.15, 0.2) is 65.8 Å². The number of amides is 4. The summed E-state index contributed by atoms with van der Waals surface area (Å²) in [5, 5.41) is 3.59. The Kier molecular flexibility index (Phi) is 11.2. The minimum atomic E-state index is -0.529. The average molecular weight is 739 g/mol. The van der Waals surface area contributed by atoms with Crippen LogP contribution in [0.2, 0.25) is 0 Å². The van der Waals surface area contributed by atoms with Crippen LogP contribution in [0.1, 0.15) is 62.2 Å². The molecule has 4 amide bonds. The van der Waals surface area contributed by atoms with Gasteiger partial charge in [0.2, 0.25) is 5.91 Å². The molecule has 0 bridgehead atoms. The molecular formula is C41H47FN6O6. The quantitative estimate of drug-likeness (QED) is 0.203. The van der Waals surface area contributed by atoms with Crippen LogP contribution in [0.3, 0.4) is 0 Å². The van der Waals surface area contributed by atoms with Gasteiger partial charge in [-0.15, -0.1) is 0 Å². The molecule has 0 atom stereocenters. The van der Waals surface area contributed by atoms with Crippen molar-refractivity contribution < 1.29 is 28.2 Å². The number of piperidine rings is 2. The first-order chi connectivity index (χ1) is 26.2. The van der Waals surface area contributed by atoms with Crippen molar-refractivity contribution in [3.8, 4) is 22.6 Å².